The minimum absolute atomic E-state index is 0.209. The maximum absolute atomic E-state index is 10.6. The van der Waals surface area contributed by atoms with Gasteiger partial charge in [-0.1, -0.05) is 11.6 Å². The Labute approximate surface area is 57.2 Å². The average molecular weight is 145 g/mol. The Morgan fingerprint density at radius 2 is 2.33 bits per heavy atom. The molecule has 1 unspecified atom stereocenters. The molecule has 0 radical (unpaired) electrons. The van der Waals surface area contributed by atoms with Gasteiger partial charge < -0.3 is 5.73 Å². The van der Waals surface area contributed by atoms with Gasteiger partial charge in [-0.3, -0.25) is 4.79 Å². The summed E-state index contributed by atoms with van der Waals surface area (Å²) < 4.78 is 0. The smallest absolute Gasteiger partial charge is 0.194 e. The van der Waals surface area contributed by atoms with Crippen molar-refractivity contribution in [3.63, 3.8) is 0 Å². The van der Waals surface area contributed by atoms with Crippen molar-refractivity contribution in [2.75, 3.05) is 0 Å². The van der Waals surface area contributed by atoms with Gasteiger partial charge in [0.2, 0.25) is 0 Å². The van der Waals surface area contributed by atoms with E-state index in [-0.39, 0.29) is 11.0 Å². The topological polar surface area (TPSA) is 55.4 Å². The van der Waals surface area contributed by atoms with Gasteiger partial charge in [0.25, 0.3) is 0 Å². The van der Waals surface area contributed by atoms with Crippen molar-refractivity contribution in [3.8, 4) is 0 Å². The van der Waals surface area contributed by atoms with E-state index in [2.05, 4.69) is 4.99 Å². The Balaban J connectivity index is 2.82. The Kier molecular flexibility index (Phi) is 1.64. The van der Waals surface area contributed by atoms with E-state index in [1.165, 1.54) is 12.2 Å². The van der Waals surface area contributed by atoms with Crippen LogP contribution in [-0.4, -0.2) is 17.1 Å². The summed E-state index contributed by atoms with van der Waals surface area (Å²) in [6.45, 7) is 0. The maximum Gasteiger partial charge on any atom is 0.194 e. The van der Waals surface area contributed by atoms with Crippen LogP contribution < -0.4 is 5.73 Å². The number of hydrogen-bond acceptors (Lipinski definition) is 3. The number of aliphatic imine (C=N–C) groups is 1. The molecule has 1 aliphatic heterocycles. The first-order chi connectivity index (χ1) is 4.20. The lowest BCUT2D eigenvalue weighted by Gasteiger charge is -2.04. The number of carbonyl (C=O) groups excluding carboxylic acids is 1. The van der Waals surface area contributed by atoms with Crippen molar-refractivity contribution in [3.05, 3.63) is 12.2 Å². The van der Waals surface area contributed by atoms with Gasteiger partial charge in [0.15, 0.2) is 11.9 Å². The number of dihydropyridines is 1. The minimum atomic E-state index is -0.789. The molecule has 0 bridgehead atoms. The molecule has 2 N–H and O–H groups in total. The zero-order valence-electron chi connectivity index (χ0n) is 4.54. The van der Waals surface area contributed by atoms with E-state index in [9.17, 15) is 4.79 Å². The van der Waals surface area contributed by atoms with Crippen molar-refractivity contribution >= 4 is 22.6 Å². The van der Waals surface area contributed by atoms with E-state index >= 15 is 0 Å². The first kappa shape index (κ1) is 6.45. The summed E-state index contributed by atoms with van der Waals surface area (Å²) >= 11 is 5.41. The van der Waals surface area contributed by atoms with E-state index in [1.54, 1.807) is 0 Å². The Morgan fingerprint density at radius 1 is 1.67 bits per heavy atom. The SMILES string of the molecule is NC1N=C(Cl)C=CC1=O. The van der Waals surface area contributed by atoms with Crippen molar-refractivity contribution in [1.29, 1.82) is 0 Å². The summed E-state index contributed by atoms with van der Waals surface area (Å²) in [6.07, 6.45) is 1.95. The molecular formula is C5H5ClN2O. The van der Waals surface area contributed by atoms with E-state index in [0.29, 0.717) is 0 Å². The standard InChI is InChI=1S/C5H5ClN2O/c6-4-2-1-3(9)5(7)8-4/h1-2,5H,7H2. The van der Waals surface area contributed by atoms with E-state index in [4.69, 9.17) is 17.3 Å². The number of carbonyl (C=O) groups is 1. The number of ketones is 1. The van der Waals surface area contributed by atoms with Crippen molar-refractivity contribution in [1.82, 2.24) is 0 Å². The summed E-state index contributed by atoms with van der Waals surface area (Å²) in [4.78, 5) is 14.1. The molecule has 1 aliphatic rings. The third kappa shape index (κ3) is 1.37. The summed E-state index contributed by atoms with van der Waals surface area (Å²) in [5, 5.41) is 0.280. The van der Waals surface area contributed by atoms with Crippen LogP contribution in [0.1, 0.15) is 0 Å². The first-order valence-corrected chi connectivity index (χ1v) is 2.79. The fraction of sp³-hybridized carbons (Fsp3) is 0.200. The molecule has 3 nitrogen and oxygen atoms in total. The minimum Gasteiger partial charge on any atom is -0.303 e. The van der Waals surface area contributed by atoms with Gasteiger partial charge >= 0.3 is 0 Å². The molecule has 0 saturated heterocycles. The van der Waals surface area contributed by atoms with E-state index in [0.717, 1.165) is 0 Å². The second-order valence-electron chi connectivity index (χ2n) is 1.63. The van der Waals surface area contributed by atoms with Gasteiger partial charge in [-0.05, 0) is 12.2 Å². The van der Waals surface area contributed by atoms with Crippen LogP contribution in [0.25, 0.3) is 0 Å². The van der Waals surface area contributed by atoms with Gasteiger partial charge in [-0.15, -0.1) is 0 Å². The fourth-order valence-electron chi connectivity index (χ4n) is 0.489. The Bertz CT molecular complexity index is 197. The largest absolute Gasteiger partial charge is 0.303 e. The molecule has 0 aliphatic carbocycles. The van der Waals surface area contributed by atoms with Crippen LogP contribution in [0.4, 0.5) is 0 Å². The highest BCUT2D eigenvalue weighted by atomic mass is 35.5. The molecule has 1 rings (SSSR count). The lowest BCUT2D eigenvalue weighted by Crippen LogP contribution is -2.29. The van der Waals surface area contributed by atoms with Crippen LogP contribution >= 0.6 is 11.6 Å². The molecule has 0 fully saturated rings. The molecule has 0 saturated carbocycles. The molecule has 1 heterocycles. The van der Waals surface area contributed by atoms with Crippen LogP contribution in [0, 0.1) is 0 Å². The monoisotopic (exact) mass is 144 g/mol. The van der Waals surface area contributed by atoms with Gasteiger partial charge in [0, 0.05) is 0 Å². The molecule has 9 heavy (non-hydrogen) atoms. The predicted octanol–water partition coefficient (Wildman–Crippen LogP) is 0.0474. The molecule has 0 aromatic carbocycles. The van der Waals surface area contributed by atoms with E-state index in [1.807, 2.05) is 0 Å². The second kappa shape index (κ2) is 2.29. The van der Waals surface area contributed by atoms with Crippen molar-refractivity contribution < 1.29 is 4.79 Å². The van der Waals surface area contributed by atoms with Crippen LogP contribution in [0.3, 0.4) is 0 Å². The highest BCUT2D eigenvalue weighted by molar-refractivity contribution is 6.68. The highest BCUT2D eigenvalue weighted by Gasteiger charge is 2.12. The lowest BCUT2D eigenvalue weighted by molar-refractivity contribution is -0.115. The number of allylic oxidation sites excluding steroid dienone is 1. The van der Waals surface area contributed by atoms with Crippen molar-refractivity contribution in [2.24, 2.45) is 10.7 Å². The number of halogens is 1. The van der Waals surface area contributed by atoms with Crippen LogP contribution in [0.2, 0.25) is 0 Å². The molecule has 0 aromatic rings. The molecule has 4 heteroatoms. The third-order valence-corrected chi connectivity index (χ3v) is 1.16. The van der Waals surface area contributed by atoms with Crippen molar-refractivity contribution in [2.45, 2.75) is 6.17 Å². The highest BCUT2D eigenvalue weighted by Crippen LogP contribution is 2.00. The summed E-state index contributed by atoms with van der Waals surface area (Å²) in [7, 11) is 0. The fourth-order valence-corrected chi connectivity index (χ4v) is 0.657. The molecular weight excluding hydrogens is 140 g/mol. The summed E-state index contributed by atoms with van der Waals surface area (Å²) in [6, 6.07) is 0. The number of nitrogens with two attached hydrogens (primary N) is 1. The molecule has 0 spiro atoms. The normalized spacial score (nSPS) is 26.2. The zero-order chi connectivity index (χ0) is 6.85. The summed E-state index contributed by atoms with van der Waals surface area (Å²) in [5.41, 5.74) is 5.20. The van der Waals surface area contributed by atoms with Crippen LogP contribution in [0.15, 0.2) is 17.1 Å². The van der Waals surface area contributed by atoms with Gasteiger partial charge in [0.1, 0.15) is 5.17 Å². The zero-order valence-corrected chi connectivity index (χ0v) is 5.30. The van der Waals surface area contributed by atoms with Gasteiger partial charge in [-0.25, -0.2) is 4.99 Å². The molecule has 48 valence electrons. The number of rotatable bonds is 0. The molecule has 1 atom stereocenters. The van der Waals surface area contributed by atoms with Crippen LogP contribution in [0.5, 0.6) is 0 Å². The Morgan fingerprint density at radius 3 is 2.78 bits per heavy atom. The van der Waals surface area contributed by atoms with Crippen LogP contribution in [-0.2, 0) is 4.79 Å². The Hall–Kier alpha value is -0.670. The third-order valence-electron chi connectivity index (χ3n) is 0.939. The quantitative estimate of drug-likeness (QED) is 0.522. The molecule has 0 amide bonds. The number of hydrogen-bond donors (Lipinski definition) is 1. The summed E-state index contributed by atoms with van der Waals surface area (Å²) in [5.74, 6) is -0.209. The number of nitrogens with zero attached hydrogens (tertiary/aromatic N) is 1. The average Bonchev–Trinajstić information content (AvgIpc) is 1.80. The van der Waals surface area contributed by atoms with Gasteiger partial charge in [0.05, 0.1) is 0 Å². The second-order valence-corrected chi connectivity index (χ2v) is 2.02. The first-order valence-electron chi connectivity index (χ1n) is 2.41. The molecule has 0 aromatic heterocycles. The predicted molar refractivity (Wildman–Crippen MR) is 35.4 cm³/mol. The van der Waals surface area contributed by atoms with Gasteiger partial charge in [-0.2, -0.15) is 0 Å². The maximum atomic E-state index is 10.6. The van der Waals surface area contributed by atoms with E-state index < -0.39 is 6.17 Å². The lowest BCUT2D eigenvalue weighted by atomic mass is 10.2.